The van der Waals surface area contributed by atoms with E-state index < -0.39 is 11.7 Å². The van der Waals surface area contributed by atoms with Crippen molar-refractivity contribution < 1.29 is 22.4 Å². The summed E-state index contributed by atoms with van der Waals surface area (Å²) < 4.78 is 44.2. The van der Waals surface area contributed by atoms with Crippen LogP contribution in [0.1, 0.15) is 46.5 Å². The number of carbonyl (C=O) groups is 1. The van der Waals surface area contributed by atoms with Crippen LogP contribution in [0.3, 0.4) is 0 Å². The summed E-state index contributed by atoms with van der Waals surface area (Å²) in [5.41, 5.74) is -0.751. The van der Waals surface area contributed by atoms with Gasteiger partial charge in [0.1, 0.15) is 0 Å². The molecule has 1 saturated heterocycles. The fourth-order valence-corrected chi connectivity index (χ4v) is 3.14. The van der Waals surface area contributed by atoms with Gasteiger partial charge in [0.15, 0.2) is 0 Å². The highest BCUT2D eigenvalue weighted by molar-refractivity contribution is 5.94. The Labute approximate surface area is 154 Å². The third kappa shape index (κ3) is 4.13. The van der Waals surface area contributed by atoms with Gasteiger partial charge in [-0.3, -0.25) is 9.69 Å². The fourth-order valence-electron chi connectivity index (χ4n) is 3.14. The molecule has 9 heteroatoms. The second-order valence-corrected chi connectivity index (χ2v) is 6.96. The van der Waals surface area contributed by atoms with Crippen LogP contribution in [0, 0.1) is 0 Å². The zero-order valence-corrected chi connectivity index (χ0v) is 14.6. The number of aromatic nitrogens is 2. The van der Waals surface area contributed by atoms with E-state index in [-0.39, 0.29) is 11.5 Å². The Morgan fingerprint density at radius 3 is 2.56 bits per heavy atom. The molecule has 0 spiro atoms. The fraction of sp³-hybridized carbons (Fsp3) is 0.500. The van der Waals surface area contributed by atoms with Gasteiger partial charge in [-0.25, -0.2) is 0 Å². The minimum absolute atomic E-state index is 0.0595. The van der Waals surface area contributed by atoms with E-state index in [0.717, 1.165) is 25.0 Å². The molecule has 0 atom stereocenters. The molecule has 1 aromatic heterocycles. The molecule has 0 unspecified atom stereocenters. The molecule has 2 aliphatic rings. The molecule has 1 amide bonds. The van der Waals surface area contributed by atoms with Gasteiger partial charge in [0, 0.05) is 37.7 Å². The Balaban J connectivity index is 1.33. The summed E-state index contributed by atoms with van der Waals surface area (Å²) in [6.45, 7) is 2.61. The highest BCUT2D eigenvalue weighted by atomic mass is 19.4. The van der Waals surface area contributed by atoms with Crippen LogP contribution >= 0.6 is 0 Å². The average molecular weight is 380 g/mol. The number of rotatable bonds is 4. The molecule has 2 heterocycles. The number of halogens is 3. The minimum Gasteiger partial charge on any atom is -0.424 e. The normalized spacial score (nSPS) is 18.7. The molecule has 2 aromatic rings. The van der Waals surface area contributed by atoms with Crippen LogP contribution in [0.15, 0.2) is 28.7 Å². The van der Waals surface area contributed by atoms with Gasteiger partial charge >= 0.3 is 6.18 Å². The van der Waals surface area contributed by atoms with Crippen molar-refractivity contribution in [3.63, 3.8) is 0 Å². The SMILES string of the molecule is O=C(c1cccc(C(F)(F)F)c1)N1CCN(Cc2nnc(C3CC3)o2)CC1. The zero-order chi connectivity index (χ0) is 19.0. The van der Waals surface area contributed by atoms with Gasteiger partial charge in [-0.1, -0.05) is 6.07 Å². The summed E-state index contributed by atoms with van der Waals surface area (Å²) >= 11 is 0. The Morgan fingerprint density at radius 2 is 1.89 bits per heavy atom. The van der Waals surface area contributed by atoms with Crippen LogP contribution in [0.2, 0.25) is 0 Å². The summed E-state index contributed by atoms with van der Waals surface area (Å²) in [6.07, 6.45) is -2.27. The first-order chi connectivity index (χ1) is 12.9. The Morgan fingerprint density at radius 1 is 1.15 bits per heavy atom. The maximum atomic E-state index is 12.8. The number of carbonyl (C=O) groups excluding carboxylic acids is 1. The van der Waals surface area contributed by atoms with Gasteiger partial charge in [-0.15, -0.1) is 10.2 Å². The molecule has 1 aliphatic heterocycles. The van der Waals surface area contributed by atoms with Crippen molar-refractivity contribution in [1.82, 2.24) is 20.0 Å². The van der Waals surface area contributed by atoms with Crippen molar-refractivity contribution in [3.8, 4) is 0 Å². The van der Waals surface area contributed by atoms with E-state index in [1.54, 1.807) is 4.90 Å². The average Bonchev–Trinajstić information content (AvgIpc) is 3.41. The van der Waals surface area contributed by atoms with Crippen molar-refractivity contribution in [1.29, 1.82) is 0 Å². The van der Waals surface area contributed by atoms with E-state index >= 15 is 0 Å². The van der Waals surface area contributed by atoms with Crippen LogP contribution in [0.4, 0.5) is 13.2 Å². The smallest absolute Gasteiger partial charge is 0.416 e. The van der Waals surface area contributed by atoms with E-state index in [9.17, 15) is 18.0 Å². The van der Waals surface area contributed by atoms with Crippen molar-refractivity contribution in [2.75, 3.05) is 26.2 Å². The second kappa shape index (κ2) is 6.95. The van der Waals surface area contributed by atoms with Crippen LogP contribution in [-0.2, 0) is 12.7 Å². The van der Waals surface area contributed by atoms with Gasteiger partial charge in [0.2, 0.25) is 11.8 Å². The van der Waals surface area contributed by atoms with Gasteiger partial charge in [-0.05, 0) is 31.0 Å². The predicted molar refractivity (Wildman–Crippen MR) is 88.9 cm³/mol. The lowest BCUT2D eigenvalue weighted by molar-refractivity contribution is -0.137. The summed E-state index contributed by atoms with van der Waals surface area (Å²) in [4.78, 5) is 16.2. The van der Waals surface area contributed by atoms with Crippen molar-refractivity contribution in [2.45, 2.75) is 31.5 Å². The van der Waals surface area contributed by atoms with Gasteiger partial charge in [0.05, 0.1) is 12.1 Å². The van der Waals surface area contributed by atoms with Crippen LogP contribution in [0.25, 0.3) is 0 Å². The Kier molecular flexibility index (Phi) is 4.63. The largest absolute Gasteiger partial charge is 0.424 e. The molecule has 1 aliphatic carbocycles. The molecule has 4 rings (SSSR count). The first-order valence-corrected chi connectivity index (χ1v) is 8.91. The number of alkyl halides is 3. The van der Waals surface area contributed by atoms with E-state index in [2.05, 4.69) is 15.1 Å². The van der Waals surface area contributed by atoms with Gasteiger partial charge in [0.25, 0.3) is 5.91 Å². The summed E-state index contributed by atoms with van der Waals surface area (Å²) in [5.74, 6) is 1.29. The summed E-state index contributed by atoms with van der Waals surface area (Å²) in [7, 11) is 0. The van der Waals surface area contributed by atoms with Crippen molar-refractivity contribution >= 4 is 5.91 Å². The number of hydrogen-bond acceptors (Lipinski definition) is 5. The van der Waals surface area contributed by atoms with Crippen LogP contribution in [0.5, 0.6) is 0 Å². The van der Waals surface area contributed by atoms with Gasteiger partial charge < -0.3 is 9.32 Å². The number of nitrogens with zero attached hydrogens (tertiary/aromatic N) is 4. The molecule has 2 fully saturated rings. The first-order valence-electron chi connectivity index (χ1n) is 8.91. The Bertz CT molecular complexity index is 824. The zero-order valence-electron chi connectivity index (χ0n) is 14.6. The minimum atomic E-state index is -4.46. The van der Waals surface area contributed by atoms with E-state index in [1.165, 1.54) is 12.1 Å². The van der Waals surface area contributed by atoms with E-state index in [1.807, 2.05) is 0 Å². The van der Waals surface area contributed by atoms with E-state index in [0.29, 0.717) is 50.4 Å². The van der Waals surface area contributed by atoms with Crippen LogP contribution in [-0.4, -0.2) is 52.1 Å². The molecule has 0 N–H and O–H groups in total. The first kappa shape index (κ1) is 18.0. The lowest BCUT2D eigenvalue weighted by Crippen LogP contribution is -2.48. The van der Waals surface area contributed by atoms with Crippen LogP contribution < -0.4 is 0 Å². The Hall–Kier alpha value is -2.42. The monoisotopic (exact) mass is 380 g/mol. The summed E-state index contributed by atoms with van der Waals surface area (Å²) in [6, 6.07) is 4.56. The second-order valence-electron chi connectivity index (χ2n) is 6.96. The molecule has 27 heavy (non-hydrogen) atoms. The molecular weight excluding hydrogens is 361 g/mol. The third-order valence-corrected chi connectivity index (χ3v) is 4.86. The number of piperazine rings is 1. The molecule has 6 nitrogen and oxygen atoms in total. The maximum absolute atomic E-state index is 12.8. The number of benzene rings is 1. The molecule has 1 saturated carbocycles. The van der Waals surface area contributed by atoms with Crippen molar-refractivity contribution in [3.05, 3.63) is 47.2 Å². The number of hydrogen-bond donors (Lipinski definition) is 0. The maximum Gasteiger partial charge on any atom is 0.416 e. The molecule has 144 valence electrons. The molecule has 0 bridgehead atoms. The highest BCUT2D eigenvalue weighted by Gasteiger charge is 2.32. The third-order valence-electron chi connectivity index (χ3n) is 4.86. The van der Waals surface area contributed by atoms with Gasteiger partial charge in [-0.2, -0.15) is 13.2 Å². The number of amides is 1. The standard InChI is InChI=1S/C18H19F3N4O2/c19-18(20,21)14-3-1-2-13(10-14)17(26)25-8-6-24(7-9-25)11-15-22-23-16(27-15)12-4-5-12/h1-3,10,12H,4-9,11H2. The van der Waals surface area contributed by atoms with Crippen molar-refractivity contribution in [2.24, 2.45) is 0 Å². The summed E-state index contributed by atoms with van der Waals surface area (Å²) in [5, 5.41) is 8.12. The van der Waals surface area contributed by atoms with E-state index in [4.69, 9.17) is 4.42 Å². The lowest BCUT2D eigenvalue weighted by Gasteiger charge is -2.34. The molecule has 0 radical (unpaired) electrons. The lowest BCUT2D eigenvalue weighted by atomic mass is 10.1. The highest BCUT2D eigenvalue weighted by Crippen LogP contribution is 2.39. The topological polar surface area (TPSA) is 62.5 Å². The quantitative estimate of drug-likeness (QED) is 0.816. The predicted octanol–water partition coefficient (Wildman–Crippen LogP) is 2.92. The molecule has 1 aromatic carbocycles. The molecular formula is C18H19F3N4O2.